The third-order valence-corrected chi connectivity index (χ3v) is 2.33. The molecule has 6 nitrogen and oxygen atoms in total. The lowest BCUT2D eigenvalue weighted by molar-refractivity contribution is -0.136. The molecule has 0 bridgehead atoms. The molecule has 0 fully saturated rings. The van der Waals surface area contributed by atoms with Crippen LogP contribution in [-0.2, 0) is 11.2 Å². The maximum Gasteiger partial charge on any atom is 0.303 e. The number of nitrogens with one attached hydrogen (secondary N) is 3. The number of carboxylic acids is 1. The van der Waals surface area contributed by atoms with Crippen molar-refractivity contribution in [1.29, 1.82) is 0 Å². The minimum atomic E-state index is -0.918. The van der Waals surface area contributed by atoms with Crippen LogP contribution in [0, 0.1) is 0 Å². The maximum atomic E-state index is 11.5. The van der Waals surface area contributed by atoms with Gasteiger partial charge in [0.1, 0.15) is 0 Å². The fraction of sp³-hybridized carbons (Fsp3) is 0.200. The molecule has 4 N–H and O–H groups in total. The zero-order chi connectivity index (χ0) is 11.5. The Hall–Kier alpha value is -2.24. The Kier molecular flexibility index (Phi) is 2.63. The SMILES string of the molecule is O=C(O)CCc1c(-c2ccc[nH]2)[nH][nH]c1=O. The number of aliphatic carboxylic acids is 1. The van der Waals surface area contributed by atoms with Gasteiger partial charge in [-0.05, 0) is 18.6 Å². The van der Waals surface area contributed by atoms with E-state index in [1.54, 1.807) is 6.20 Å². The Balaban J connectivity index is 2.33. The van der Waals surface area contributed by atoms with E-state index in [1.165, 1.54) is 0 Å². The highest BCUT2D eigenvalue weighted by Crippen LogP contribution is 2.17. The van der Waals surface area contributed by atoms with E-state index in [-0.39, 0.29) is 18.4 Å². The molecule has 2 rings (SSSR count). The number of carboxylic acid groups (broad SMARTS) is 1. The second-order valence-corrected chi connectivity index (χ2v) is 3.41. The first-order valence-electron chi connectivity index (χ1n) is 4.83. The van der Waals surface area contributed by atoms with Crippen LogP contribution < -0.4 is 5.56 Å². The first-order valence-corrected chi connectivity index (χ1v) is 4.83. The zero-order valence-corrected chi connectivity index (χ0v) is 8.41. The number of hydrogen-bond acceptors (Lipinski definition) is 2. The van der Waals surface area contributed by atoms with Gasteiger partial charge in [0.25, 0.3) is 5.56 Å². The molecule has 0 radical (unpaired) electrons. The highest BCUT2D eigenvalue weighted by atomic mass is 16.4. The summed E-state index contributed by atoms with van der Waals surface area (Å²) >= 11 is 0. The van der Waals surface area contributed by atoms with E-state index in [4.69, 9.17) is 5.11 Å². The number of hydrogen-bond donors (Lipinski definition) is 4. The molecule has 84 valence electrons. The van der Waals surface area contributed by atoms with Crippen molar-refractivity contribution in [3.63, 3.8) is 0 Å². The molecule has 2 heterocycles. The maximum absolute atomic E-state index is 11.5. The predicted octanol–water partition coefficient (Wildman–Crippen LogP) is 0.715. The summed E-state index contributed by atoms with van der Waals surface area (Å²) in [5, 5.41) is 13.8. The molecule has 2 aromatic heterocycles. The summed E-state index contributed by atoms with van der Waals surface area (Å²) in [7, 11) is 0. The quantitative estimate of drug-likeness (QED) is 0.611. The van der Waals surface area contributed by atoms with Crippen LogP contribution in [-0.4, -0.2) is 26.3 Å². The summed E-state index contributed by atoms with van der Waals surface area (Å²) in [6, 6.07) is 3.62. The van der Waals surface area contributed by atoms with Crippen LogP contribution in [0.15, 0.2) is 23.1 Å². The van der Waals surface area contributed by atoms with E-state index in [0.29, 0.717) is 11.3 Å². The van der Waals surface area contributed by atoms with Gasteiger partial charge in [-0.15, -0.1) is 0 Å². The van der Waals surface area contributed by atoms with E-state index in [9.17, 15) is 9.59 Å². The molecule has 0 amide bonds. The Morgan fingerprint density at radius 1 is 1.38 bits per heavy atom. The summed E-state index contributed by atoms with van der Waals surface area (Å²) < 4.78 is 0. The van der Waals surface area contributed by atoms with Crippen molar-refractivity contribution in [2.45, 2.75) is 12.8 Å². The second-order valence-electron chi connectivity index (χ2n) is 3.41. The van der Waals surface area contributed by atoms with Gasteiger partial charge in [-0.25, -0.2) is 0 Å². The second kappa shape index (κ2) is 4.09. The molecule has 0 spiro atoms. The van der Waals surface area contributed by atoms with Gasteiger partial charge in [-0.2, -0.15) is 0 Å². The topological polar surface area (TPSA) is 102 Å². The molecule has 0 aromatic carbocycles. The lowest BCUT2D eigenvalue weighted by atomic mass is 10.1. The standard InChI is InChI=1S/C10H11N3O3/c14-8(15)4-3-6-9(12-13-10(6)16)7-2-1-5-11-7/h1-2,5,11H,3-4H2,(H,14,15)(H2,12,13,16). The van der Waals surface area contributed by atoms with Gasteiger partial charge in [-0.1, -0.05) is 0 Å². The number of rotatable bonds is 4. The smallest absolute Gasteiger partial charge is 0.303 e. The van der Waals surface area contributed by atoms with E-state index in [0.717, 1.165) is 5.69 Å². The van der Waals surface area contributed by atoms with Gasteiger partial charge in [-0.3, -0.25) is 19.8 Å². The summed E-state index contributed by atoms with van der Waals surface area (Å²) in [4.78, 5) is 24.9. The largest absolute Gasteiger partial charge is 0.481 e. The number of carbonyl (C=O) groups is 1. The summed E-state index contributed by atoms with van der Waals surface area (Å²) in [5.41, 5.74) is 1.57. The van der Waals surface area contributed by atoms with Crippen molar-refractivity contribution in [2.75, 3.05) is 0 Å². The highest BCUT2D eigenvalue weighted by Gasteiger charge is 2.13. The summed E-state index contributed by atoms with van der Waals surface area (Å²) in [6.07, 6.45) is 1.89. The van der Waals surface area contributed by atoms with Crippen molar-refractivity contribution >= 4 is 5.97 Å². The first kappa shape index (κ1) is 10.3. The minimum Gasteiger partial charge on any atom is -0.481 e. The summed E-state index contributed by atoms with van der Waals surface area (Å²) in [6.45, 7) is 0. The van der Waals surface area contributed by atoms with E-state index in [2.05, 4.69) is 15.2 Å². The molecule has 0 unspecified atom stereocenters. The van der Waals surface area contributed by atoms with Gasteiger partial charge in [0.2, 0.25) is 0 Å². The van der Waals surface area contributed by atoms with Gasteiger partial charge in [0, 0.05) is 18.2 Å². The molecule has 0 saturated heterocycles. The van der Waals surface area contributed by atoms with Crippen LogP contribution in [0.25, 0.3) is 11.4 Å². The van der Waals surface area contributed by atoms with E-state index >= 15 is 0 Å². The van der Waals surface area contributed by atoms with Crippen LogP contribution in [0.3, 0.4) is 0 Å². The van der Waals surface area contributed by atoms with Gasteiger partial charge >= 0.3 is 5.97 Å². The van der Waals surface area contributed by atoms with Crippen LogP contribution in [0.5, 0.6) is 0 Å². The third-order valence-electron chi connectivity index (χ3n) is 2.33. The Bertz CT molecular complexity index is 536. The summed E-state index contributed by atoms with van der Waals surface area (Å²) in [5.74, 6) is -0.918. The molecule has 0 aliphatic rings. The van der Waals surface area contributed by atoms with E-state index < -0.39 is 5.97 Å². The monoisotopic (exact) mass is 221 g/mol. The Morgan fingerprint density at radius 3 is 2.81 bits per heavy atom. The molecule has 0 atom stereocenters. The molecule has 2 aromatic rings. The van der Waals surface area contributed by atoms with Crippen LogP contribution in [0.4, 0.5) is 0 Å². The molecule has 6 heteroatoms. The van der Waals surface area contributed by atoms with E-state index in [1.807, 2.05) is 12.1 Å². The van der Waals surface area contributed by atoms with Gasteiger partial charge in [0.15, 0.2) is 0 Å². The molecular formula is C10H11N3O3. The Morgan fingerprint density at radius 2 is 2.19 bits per heavy atom. The molecule has 0 aliphatic carbocycles. The van der Waals surface area contributed by atoms with Crippen molar-refractivity contribution in [2.24, 2.45) is 0 Å². The minimum absolute atomic E-state index is 0.0609. The third kappa shape index (κ3) is 1.90. The number of aromatic amines is 3. The molecule has 0 saturated carbocycles. The van der Waals surface area contributed by atoms with Crippen LogP contribution in [0.2, 0.25) is 0 Å². The van der Waals surface area contributed by atoms with Gasteiger partial charge in [0.05, 0.1) is 11.4 Å². The number of H-pyrrole nitrogens is 3. The fourth-order valence-corrected chi connectivity index (χ4v) is 1.57. The van der Waals surface area contributed by atoms with Crippen molar-refractivity contribution < 1.29 is 9.90 Å². The lowest BCUT2D eigenvalue weighted by Crippen LogP contribution is -2.08. The highest BCUT2D eigenvalue weighted by molar-refractivity contribution is 5.68. The first-order chi connectivity index (χ1) is 7.68. The molecule has 16 heavy (non-hydrogen) atoms. The van der Waals surface area contributed by atoms with Crippen LogP contribution >= 0.6 is 0 Å². The Labute approximate surface area is 90.3 Å². The van der Waals surface area contributed by atoms with Crippen molar-refractivity contribution in [3.05, 3.63) is 34.2 Å². The van der Waals surface area contributed by atoms with Crippen molar-refractivity contribution in [1.82, 2.24) is 15.2 Å². The van der Waals surface area contributed by atoms with Crippen molar-refractivity contribution in [3.8, 4) is 11.4 Å². The average molecular weight is 221 g/mol. The molecular weight excluding hydrogens is 210 g/mol. The zero-order valence-electron chi connectivity index (χ0n) is 8.41. The van der Waals surface area contributed by atoms with Crippen LogP contribution in [0.1, 0.15) is 12.0 Å². The fourth-order valence-electron chi connectivity index (χ4n) is 1.57. The van der Waals surface area contributed by atoms with Gasteiger partial charge < -0.3 is 10.1 Å². The average Bonchev–Trinajstić information content (AvgIpc) is 2.83. The normalized spacial score (nSPS) is 10.5. The number of aromatic nitrogens is 3. The molecule has 0 aliphatic heterocycles. The predicted molar refractivity (Wildman–Crippen MR) is 57.2 cm³/mol. The lowest BCUT2D eigenvalue weighted by Gasteiger charge is -1.98.